The molecule has 0 radical (unpaired) electrons. The van der Waals surface area contributed by atoms with Crippen LogP contribution in [0.15, 0.2) is 24.3 Å². The van der Waals surface area contributed by atoms with Crippen LogP contribution in [-0.2, 0) is 4.74 Å². The smallest absolute Gasteiger partial charge is 0.124 e. The lowest BCUT2D eigenvalue weighted by molar-refractivity contribution is 0.0277. The molecule has 0 unspecified atom stereocenters. The molecule has 0 aliphatic carbocycles. The zero-order valence-electron chi connectivity index (χ0n) is 11.4. The van der Waals surface area contributed by atoms with Crippen molar-refractivity contribution >= 4 is 0 Å². The molecule has 1 rings (SSSR count). The Balaban J connectivity index is 2.80. The summed E-state index contributed by atoms with van der Waals surface area (Å²) in [5.74, 6) is 1.48. The Labute approximate surface area is 105 Å². The third-order valence-electron chi connectivity index (χ3n) is 2.67. The first-order valence-corrected chi connectivity index (χ1v) is 6.43. The van der Waals surface area contributed by atoms with Crippen molar-refractivity contribution in [3.8, 4) is 5.75 Å². The molecule has 0 aromatic heterocycles. The average Bonchev–Trinajstić information content (AvgIpc) is 2.34. The molecule has 1 aromatic carbocycles. The van der Waals surface area contributed by atoms with E-state index < -0.39 is 0 Å². The van der Waals surface area contributed by atoms with Gasteiger partial charge in [-0.2, -0.15) is 0 Å². The summed E-state index contributed by atoms with van der Waals surface area (Å²) in [4.78, 5) is 0. The molecular weight excluding hydrogens is 212 g/mol. The van der Waals surface area contributed by atoms with Crippen molar-refractivity contribution < 1.29 is 9.47 Å². The van der Waals surface area contributed by atoms with Gasteiger partial charge in [-0.25, -0.2) is 0 Å². The van der Waals surface area contributed by atoms with Gasteiger partial charge in [-0.05, 0) is 18.4 Å². The maximum absolute atomic E-state index is 5.99. The Bertz CT molecular complexity index is 320. The fourth-order valence-corrected chi connectivity index (χ4v) is 1.83. The number of rotatable bonds is 7. The van der Waals surface area contributed by atoms with Crippen molar-refractivity contribution in [2.45, 2.75) is 39.7 Å². The molecule has 2 heteroatoms. The molecule has 0 saturated carbocycles. The predicted octanol–water partition coefficient (Wildman–Crippen LogP) is 4.21. The Hall–Kier alpha value is -1.02. The van der Waals surface area contributed by atoms with Crippen LogP contribution >= 0.6 is 0 Å². The number of ether oxygens (including phenoxy) is 2. The van der Waals surface area contributed by atoms with E-state index in [1.54, 1.807) is 7.11 Å². The average molecular weight is 236 g/mol. The van der Waals surface area contributed by atoms with Crippen molar-refractivity contribution in [3.63, 3.8) is 0 Å². The molecule has 0 amide bonds. The monoisotopic (exact) mass is 236 g/mol. The summed E-state index contributed by atoms with van der Waals surface area (Å²) in [6.07, 6.45) is 2.30. The molecule has 0 fully saturated rings. The topological polar surface area (TPSA) is 18.5 Å². The molecule has 17 heavy (non-hydrogen) atoms. The first-order valence-electron chi connectivity index (χ1n) is 6.43. The number of methoxy groups -OCH3 is 1. The van der Waals surface area contributed by atoms with E-state index in [9.17, 15) is 0 Å². The second-order valence-electron chi connectivity index (χ2n) is 4.75. The fourth-order valence-electron chi connectivity index (χ4n) is 1.83. The van der Waals surface area contributed by atoms with Gasteiger partial charge in [0, 0.05) is 12.2 Å². The second-order valence-corrected chi connectivity index (χ2v) is 4.75. The maximum Gasteiger partial charge on any atom is 0.124 e. The third-order valence-corrected chi connectivity index (χ3v) is 2.67. The van der Waals surface area contributed by atoms with Crippen molar-refractivity contribution in [2.75, 3.05) is 13.7 Å². The van der Waals surface area contributed by atoms with Crippen LogP contribution in [0.5, 0.6) is 5.75 Å². The highest BCUT2D eigenvalue weighted by Gasteiger charge is 2.15. The Morgan fingerprint density at radius 1 is 1.18 bits per heavy atom. The number of para-hydroxylation sites is 1. The second kappa shape index (κ2) is 7.33. The molecule has 0 spiro atoms. The quantitative estimate of drug-likeness (QED) is 0.706. The predicted molar refractivity (Wildman–Crippen MR) is 71.4 cm³/mol. The summed E-state index contributed by atoms with van der Waals surface area (Å²) in [6, 6.07) is 8.13. The highest BCUT2D eigenvalue weighted by Crippen LogP contribution is 2.30. The van der Waals surface area contributed by atoms with Gasteiger partial charge in [0.25, 0.3) is 0 Å². The van der Waals surface area contributed by atoms with E-state index in [-0.39, 0.29) is 6.10 Å². The Morgan fingerprint density at radius 2 is 1.88 bits per heavy atom. The summed E-state index contributed by atoms with van der Waals surface area (Å²) >= 11 is 0. The molecule has 1 atom stereocenters. The van der Waals surface area contributed by atoms with E-state index in [2.05, 4.69) is 26.8 Å². The van der Waals surface area contributed by atoms with Gasteiger partial charge >= 0.3 is 0 Å². The van der Waals surface area contributed by atoms with E-state index >= 15 is 0 Å². The Kier molecular flexibility index (Phi) is 6.06. The molecule has 96 valence electrons. The minimum absolute atomic E-state index is 0.151. The van der Waals surface area contributed by atoms with Crippen LogP contribution in [0.4, 0.5) is 0 Å². The molecule has 0 saturated heterocycles. The highest BCUT2D eigenvalue weighted by atomic mass is 16.5. The van der Waals surface area contributed by atoms with Gasteiger partial charge in [-0.15, -0.1) is 0 Å². The van der Waals surface area contributed by atoms with E-state index in [0.717, 1.165) is 30.8 Å². The first-order chi connectivity index (χ1) is 8.19. The minimum Gasteiger partial charge on any atom is -0.496 e. The van der Waals surface area contributed by atoms with Gasteiger partial charge in [0.05, 0.1) is 13.2 Å². The van der Waals surface area contributed by atoms with Gasteiger partial charge < -0.3 is 9.47 Å². The van der Waals surface area contributed by atoms with Crippen LogP contribution in [0, 0.1) is 5.92 Å². The SMILES string of the molecule is CCC[C@H](OCC(C)C)c1ccccc1OC. The molecule has 0 heterocycles. The van der Waals surface area contributed by atoms with Gasteiger partial charge in [0.2, 0.25) is 0 Å². The molecule has 0 N–H and O–H groups in total. The summed E-state index contributed by atoms with van der Waals surface area (Å²) in [5.41, 5.74) is 1.16. The number of hydrogen-bond donors (Lipinski definition) is 0. The van der Waals surface area contributed by atoms with Crippen molar-refractivity contribution in [1.29, 1.82) is 0 Å². The van der Waals surface area contributed by atoms with Crippen LogP contribution in [0.3, 0.4) is 0 Å². The summed E-state index contributed by atoms with van der Waals surface area (Å²) in [5, 5.41) is 0. The maximum atomic E-state index is 5.99. The first kappa shape index (κ1) is 14.0. The molecule has 0 aliphatic rings. The zero-order chi connectivity index (χ0) is 12.7. The van der Waals surface area contributed by atoms with Gasteiger partial charge in [-0.1, -0.05) is 45.4 Å². The van der Waals surface area contributed by atoms with Crippen LogP contribution in [-0.4, -0.2) is 13.7 Å². The van der Waals surface area contributed by atoms with Crippen LogP contribution < -0.4 is 4.74 Å². The van der Waals surface area contributed by atoms with Crippen LogP contribution in [0.2, 0.25) is 0 Å². The lowest BCUT2D eigenvalue weighted by atomic mass is 10.0. The third kappa shape index (κ3) is 4.39. The van der Waals surface area contributed by atoms with Crippen LogP contribution in [0.25, 0.3) is 0 Å². The largest absolute Gasteiger partial charge is 0.496 e. The number of benzene rings is 1. The van der Waals surface area contributed by atoms with E-state index in [1.165, 1.54) is 0 Å². The standard InChI is InChI=1S/C15H24O2/c1-5-8-15(17-11-12(2)3)13-9-6-7-10-14(13)16-4/h6-7,9-10,12,15H,5,8,11H2,1-4H3/t15-/m0/s1. The summed E-state index contributed by atoms with van der Waals surface area (Å²) < 4.78 is 11.4. The molecular formula is C15H24O2. The van der Waals surface area contributed by atoms with E-state index in [0.29, 0.717) is 5.92 Å². The van der Waals surface area contributed by atoms with Crippen LogP contribution in [0.1, 0.15) is 45.3 Å². The highest BCUT2D eigenvalue weighted by molar-refractivity contribution is 5.35. The minimum atomic E-state index is 0.151. The zero-order valence-corrected chi connectivity index (χ0v) is 11.4. The lowest BCUT2D eigenvalue weighted by Crippen LogP contribution is -2.10. The molecule has 0 aliphatic heterocycles. The van der Waals surface area contributed by atoms with E-state index in [4.69, 9.17) is 9.47 Å². The van der Waals surface area contributed by atoms with Gasteiger partial charge in [-0.3, -0.25) is 0 Å². The lowest BCUT2D eigenvalue weighted by Gasteiger charge is -2.21. The van der Waals surface area contributed by atoms with Crippen molar-refractivity contribution in [3.05, 3.63) is 29.8 Å². The van der Waals surface area contributed by atoms with Gasteiger partial charge in [0.1, 0.15) is 5.75 Å². The molecule has 2 nitrogen and oxygen atoms in total. The number of hydrogen-bond acceptors (Lipinski definition) is 2. The van der Waals surface area contributed by atoms with E-state index in [1.807, 2.05) is 18.2 Å². The van der Waals surface area contributed by atoms with Crippen molar-refractivity contribution in [2.24, 2.45) is 5.92 Å². The van der Waals surface area contributed by atoms with Crippen molar-refractivity contribution in [1.82, 2.24) is 0 Å². The molecule has 0 bridgehead atoms. The Morgan fingerprint density at radius 3 is 2.47 bits per heavy atom. The van der Waals surface area contributed by atoms with Gasteiger partial charge in [0.15, 0.2) is 0 Å². The molecule has 1 aromatic rings. The normalized spacial score (nSPS) is 12.8. The summed E-state index contributed by atoms with van der Waals surface area (Å²) in [7, 11) is 1.71. The fraction of sp³-hybridized carbons (Fsp3) is 0.600. The summed E-state index contributed by atoms with van der Waals surface area (Å²) in [6.45, 7) is 7.32.